The van der Waals surface area contributed by atoms with Crippen LogP contribution in [-0.2, 0) is 4.74 Å². The van der Waals surface area contributed by atoms with Gasteiger partial charge in [0.05, 0.1) is 13.2 Å². The number of benzene rings is 3. The molecule has 0 aliphatic carbocycles. The largest absolute Gasteiger partial charge is 0.489 e. The molecule has 4 bridgehead atoms. The quantitative estimate of drug-likeness (QED) is 0.271. The third-order valence-corrected chi connectivity index (χ3v) is 6.13. The Labute approximate surface area is 204 Å². The molecule has 2 aromatic heterocycles. The number of fused-ring (bicyclic) bond motifs is 6. The molecule has 5 aromatic rings. The van der Waals surface area contributed by atoms with Crippen molar-refractivity contribution in [1.29, 1.82) is 0 Å². The zero-order valence-electron chi connectivity index (χ0n) is 17.1. The number of aromatic nitrogens is 6. The average Bonchev–Trinajstić information content (AvgIpc) is 3.43. The Bertz CT molecular complexity index is 1390. The lowest BCUT2D eigenvalue weighted by atomic mass is 10.3. The van der Waals surface area contributed by atoms with Crippen LogP contribution in [0.25, 0.3) is 33.4 Å². The van der Waals surface area contributed by atoms with Crippen LogP contribution in [0.1, 0.15) is 0 Å². The maximum Gasteiger partial charge on any atom is 0.147 e. The maximum atomic E-state index is 5.98. The van der Waals surface area contributed by atoms with Crippen LogP contribution in [-0.4, -0.2) is 56.4 Å². The van der Waals surface area contributed by atoms with E-state index in [1.54, 1.807) is 9.59 Å². The fourth-order valence-corrected chi connectivity index (χ4v) is 4.33. The van der Waals surface area contributed by atoms with Gasteiger partial charge in [0.1, 0.15) is 58.2 Å². The van der Waals surface area contributed by atoms with E-state index in [1.807, 2.05) is 48.5 Å². The van der Waals surface area contributed by atoms with Crippen LogP contribution in [0.15, 0.2) is 57.5 Å². The van der Waals surface area contributed by atoms with Crippen molar-refractivity contribution in [2.45, 2.75) is 0 Å². The molecular formula is C22H16Br2N6O3. The Balaban J connectivity index is 1.57. The van der Waals surface area contributed by atoms with Crippen molar-refractivity contribution >= 4 is 53.9 Å². The van der Waals surface area contributed by atoms with E-state index in [2.05, 4.69) is 42.1 Å². The van der Waals surface area contributed by atoms with Crippen LogP contribution < -0.4 is 9.47 Å². The first-order chi connectivity index (χ1) is 16.2. The molecule has 0 atom stereocenters. The van der Waals surface area contributed by atoms with Crippen molar-refractivity contribution in [1.82, 2.24) is 30.0 Å². The van der Waals surface area contributed by atoms with Gasteiger partial charge in [0, 0.05) is 8.95 Å². The van der Waals surface area contributed by atoms with Gasteiger partial charge in [0.15, 0.2) is 0 Å². The molecule has 1 aliphatic rings. The SMILES string of the molecule is Brc1ccc2c(c1)-n1nc3ccc4nn(nc4c3n1)-c1cc(Br)ccc1OCCOCCO2. The van der Waals surface area contributed by atoms with Crippen LogP contribution in [0.3, 0.4) is 0 Å². The highest BCUT2D eigenvalue weighted by atomic mass is 79.9. The van der Waals surface area contributed by atoms with Gasteiger partial charge in [0.25, 0.3) is 0 Å². The molecule has 0 N–H and O–H groups in total. The van der Waals surface area contributed by atoms with Crippen LogP contribution in [0.4, 0.5) is 0 Å². The van der Waals surface area contributed by atoms with Gasteiger partial charge in [-0.15, -0.1) is 30.0 Å². The number of halogens is 2. The minimum Gasteiger partial charge on any atom is -0.489 e. The number of hydrogen-bond acceptors (Lipinski definition) is 7. The summed E-state index contributed by atoms with van der Waals surface area (Å²) in [6, 6.07) is 15.2. The second kappa shape index (κ2) is 8.40. The number of rotatable bonds is 0. The van der Waals surface area contributed by atoms with Crippen molar-refractivity contribution < 1.29 is 14.2 Å². The summed E-state index contributed by atoms with van der Waals surface area (Å²) in [5.74, 6) is 1.31. The highest BCUT2D eigenvalue weighted by Gasteiger charge is 2.18. The molecule has 0 unspecified atom stereocenters. The van der Waals surface area contributed by atoms with E-state index >= 15 is 0 Å². The maximum absolute atomic E-state index is 5.98. The van der Waals surface area contributed by atoms with Gasteiger partial charge in [0.2, 0.25) is 0 Å². The number of nitrogens with zero attached hydrogens (tertiary/aromatic N) is 6. The minimum atomic E-state index is 0.385. The first-order valence-electron chi connectivity index (χ1n) is 10.2. The van der Waals surface area contributed by atoms with Gasteiger partial charge in [-0.2, -0.15) is 0 Å². The molecule has 0 saturated carbocycles. The zero-order chi connectivity index (χ0) is 22.4. The summed E-state index contributed by atoms with van der Waals surface area (Å²) in [6.45, 7) is 1.61. The van der Waals surface area contributed by atoms with E-state index < -0.39 is 0 Å². The van der Waals surface area contributed by atoms with Crippen molar-refractivity contribution in [3.63, 3.8) is 0 Å². The van der Waals surface area contributed by atoms with Crippen molar-refractivity contribution in [2.24, 2.45) is 0 Å². The lowest BCUT2D eigenvalue weighted by Gasteiger charge is -2.13. The van der Waals surface area contributed by atoms with E-state index in [0.29, 0.717) is 71.4 Å². The standard InChI is InChI=1S/C22H16Br2N6O3/c23-13-1-5-19-17(11-13)29-25-15-3-4-16-22(21(15)27-29)28-30(26-16)18-12-14(24)2-6-20(18)33-10-8-31-7-9-32-19/h1-6,11-12H,7-10H2. The summed E-state index contributed by atoms with van der Waals surface area (Å²) in [7, 11) is 0. The molecule has 11 heteroatoms. The molecular weight excluding hydrogens is 556 g/mol. The summed E-state index contributed by atoms with van der Waals surface area (Å²) in [5.41, 5.74) is 4.13. The topological polar surface area (TPSA) is 89.1 Å². The zero-order valence-corrected chi connectivity index (χ0v) is 20.3. The lowest BCUT2D eigenvalue weighted by Crippen LogP contribution is -2.14. The number of ether oxygens (including phenoxy) is 3. The molecule has 0 fully saturated rings. The third kappa shape index (κ3) is 3.85. The summed E-state index contributed by atoms with van der Waals surface area (Å²) in [5, 5.41) is 18.8. The summed E-state index contributed by atoms with van der Waals surface area (Å²) >= 11 is 7.06. The van der Waals surface area contributed by atoms with E-state index in [1.165, 1.54) is 0 Å². The fourth-order valence-electron chi connectivity index (χ4n) is 3.63. The van der Waals surface area contributed by atoms with E-state index in [9.17, 15) is 0 Å². The molecule has 6 rings (SSSR count). The smallest absolute Gasteiger partial charge is 0.147 e. The van der Waals surface area contributed by atoms with Crippen LogP contribution in [0.5, 0.6) is 11.5 Å². The predicted octanol–water partition coefficient (Wildman–Crippen LogP) is 4.47. The molecule has 0 saturated heterocycles. The Morgan fingerprint density at radius 1 is 0.606 bits per heavy atom. The Morgan fingerprint density at radius 3 is 1.58 bits per heavy atom. The normalized spacial score (nSPS) is 14.2. The van der Waals surface area contributed by atoms with Crippen LogP contribution >= 0.6 is 31.9 Å². The van der Waals surface area contributed by atoms with Crippen molar-refractivity contribution in [3.05, 3.63) is 57.5 Å². The molecule has 0 radical (unpaired) electrons. The highest BCUT2D eigenvalue weighted by Crippen LogP contribution is 2.30. The molecule has 1 aliphatic heterocycles. The van der Waals surface area contributed by atoms with E-state index in [0.717, 1.165) is 8.95 Å². The predicted molar refractivity (Wildman–Crippen MR) is 128 cm³/mol. The molecule has 0 amide bonds. The Hall–Kier alpha value is -3.02. The van der Waals surface area contributed by atoms with Gasteiger partial charge >= 0.3 is 0 Å². The molecule has 9 nitrogen and oxygen atoms in total. The van der Waals surface area contributed by atoms with Crippen molar-refractivity contribution in [2.75, 3.05) is 26.4 Å². The second-order valence-corrected chi connectivity index (χ2v) is 9.14. The van der Waals surface area contributed by atoms with Crippen LogP contribution in [0.2, 0.25) is 0 Å². The third-order valence-electron chi connectivity index (χ3n) is 5.15. The number of hydrogen-bond donors (Lipinski definition) is 0. The molecule has 3 heterocycles. The monoisotopic (exact) mass is 570 g/mol. The summed E-state index contributed by atoms with van der Waals surface area (Å²) < 4.78 is 19.4. The summed E-state index contributed by atoms with van der Waals surface area (Å²) in [4.78, 5) is 3.13. The van der Waals surface area contributed by atoms with Crippen molar-refractivity contribution in [3.8, 4) is 22.9 Å². The van der Waals surface area contributed by atoms with Gasteiger partial charge < -0.3 is 14.2 Å². The minimum absolute atomic E-state index is 0.385. The van der Waals surface area contributed by atoms with Gasteiger partial charge in [-0.05, 0) is 48.5 Å². The first-order valence-corrected chi connectivity index (χ1v) is 11.8. The Morgan fingerprint density at radius 2 is 1.09 bits per heavy atom. The first kappa shape index (κ1) is 20.6. The molecule has 0 spiro atoms. The lowest BCUT2D eigenvalue weighted by molar-refractivity contribution is 0.0763. The summed E-state index contributed by atoms with van der Waals surface area (Å²) in [6.07, 6.45) is 0. The highest BCUT2D eigenvalue weighted by molar-refractivity contribution is 9.10. The second-order valence-electron chi connectivity index (χ2n) is 7.31. The molecule has 3 aromatic carbocycles. The average molecular weight is 572 g/mol. The van der Waals surface area contributed by atoms with Gasteiger partial charge in [-0.1, -0.05) is 31.9 Å². The van der Waals surface area contributed by atoms with E-state index in [4.69, 9.17) is 24.4 Å². The van der Waals surface area contributed by atoms with Gasteiger partial charge in [-0.3, -0.25) is 0 Å². The fraction of sp³-hybridized carbons (Fsp3) is 0.182. The van der Waals surface area contributed by atoms with Crippen LogP contribution in [0, 0.1) is 0 Å². The van der Waals surface area contributed by atoms with Gasteiger partial charge in [-0.25, -0.2) is 0 Å². The molecule has 33 heavy (non-hydrogen) atoms. The van der Waals surface area contributed by atoms with E-state index in [-0.39, 0.29) is 0 Å². The Kier molecular flexibility index (Phi) is 5.24. The molecule has 166 valence electrons.